The maximum atomic E-state index is 15.0. The number of ether oxygens (including phenoxy) is 2. The molecule has 9 rings (SSSR count). The van der Waals surface area contributed by atoms with Gasteiger partial charge in [0.15, 0.2) is 23.0 Å². The normalized spacial score (nSPS) is 23.9. The van der Waals surface area contributed by atoms with Crippen LogP contribution in [0.1, 0.15) is 43.6 Å². The molecule has 1 N–H and O–H groups in total. The second kappa shape index (κ2) is 8.94. The molecule has 0 saturated carbocycles. The fourth-order valence-electron chi connectivity index (χ4n) is 7.64. The minimum absolute atomic E-state index is 0.0668. The summed E-state index contributed by atoms with van der Waals surface area (Å²) in [5.74, 6) is -1.06. The van der Waals surface area contributed by atoms with E-state index in [2.05, 4.69) is 5.32 Å². The summed E-state index contributed by atoms with van der Waals surface area (Å²) in [4.78, 5) is 46.3. The number of nitrogens with one attached hydrogen (secondary N) is 1. The standard InChI is InChI=1S/C36H24N2O6/c39-32(22-13-14-27-28(18-22)43-19-42-27)31-30(33(40)29-17-21-8-2-6-12-26(21)44-29)36(24-10-4-5-11-25(24)37-35(36)41)34-23-9-3-1-7-20(23)15-16-38(31)34/h1-18,30-31,34H,19H2,(H,37,41)/t30-,31-,34+,36+/m0/s1. The molecule has 4 aliphatic rings. The number of hydrogen-bond acceptors (Lipinski definition) is 7. The highest BCUT2D eigenvalue weighted by atomic mass is 16.7. The molecule has 5 aromatic rings. The Balaban J connectivity index is 1.32. The number of nitrogens with zero attached hydrogens (tertiary/aromatic N) is 1. The van der Waals surface area contributed by atoms with Crippen molar-refractivity contribution in [1.82, 2.24) is 4.90 Å². The highest BCUT2D eigenvalue weighted by Gasteiger charge is 2.71. The number of hydrogen-bond donors (Lipinski definition) is 1. The lowest BCUT2D eigenvalue weighted by Gasteiger charge is -2.38. The van der Waals surface area contributed by atoms with E-state index in [9.17, 15) is 9.59 Å². The van der Waals surface area contributed by atoms with Crippen molar-refractivity contribution in [3.8, 4) is 11.5 Å². The Labute approximate surface area is 251 Å². The SMILES string of the molecule is O=C(c1ccc2c(c1)OCO2)[C@@H]1[C@@H](C(=O)c2cc3ccccc3o2)[C@@]2(C(=O)Nc3ccccc32)[C@H]2c3ccccc3C=CN12. The molecule has 44 heavy (non-hydrogen) atoms. The first kappa shape index (κ1) is 24.9. The fourth-order valence-corrected chi connectivity index (χ4v) is 7.64. The highest BCUT2D eigenvalue weighted by molar-refractivity contribution is 6.16. The summed E-state index contributed by atoms with van der Waals surface area (Å²) in [5, 5.41) is 3.83. The lowest BCUT2D eigenvalue weighted by molar-refractivity contribution is -0.122. The van der Waals surface area contributed by atoms with Gasteiger partial charge in [-0.25, -0.2) is 0 Å². The molecular formula is C36H24N2O6. The Morgan fingerprint density at radius 3 is 2.55 bits per heavy atom. The molecule has 4 atom stereocenters. The van der Waals surface area contributed by atoms with Gasteiger partial charge in [-0.2, -0.15) is 0 Å². The number of benzene rings is 4. The lowest BCUT2D eigenvalue weighted by atomic mass is 9.63. The second-order valence-electron chi connectivity index (χ2n) is 11.5. The molecule has 8 heteroatoms. The van der Waals surface area contributed by atoms with E-state index < -0.39 is 29.2 Å². The van der Waals surface area contributed by atoms with Crippen LogP contribution in [0.3, 0.4) is 0 Å². The van der Waals surface area contributed by atoms with Crippen molar-refractivity contribution in [1.29, 1.82) is 0 Å². The molecule has 1 fully saturated rings. The number of amides is 1. The maximum Gasteiger partial charge on any atom is 0.238 e. The van der Waals surface area contributed by atoms with Crippen LogP contribution >= 0.6 is 0 Å². The van der Waals surface area contributed by atoms with E-state index >= 15 is 4.79 Å². The number of carbonyl (C=O) groups excluding carboxylic acids is 3. The molecule has 0 bridgehead atoms. The summed E-state index contributed by atoms with van der Waals surface area (Å²) in [7, 11) is 0. The van der Waals surface area contributed by atoms with Gasteiger partial charge in [-0.05, 0) is 59.2 Å². The third-order valence-electron chi connectivity index (χ3n) is 9.45. The van der Waals surface area contributed by atoms with Gasteiger partial charge in [0.1, 0.15) is 17.0 Å². The predicted octanol–water partition coefficient (Wildman–Crippen LogP) is 6.14. The Hall–Kier alpha value is -5.63. The van der Waals surface area contributed by atoms with Gasteiger partial charge in [-0.15, -0.1) is 0 Å². The van der Waals surface area contributed by atoms with Gasteiger partial charge in [0, 0.05) is 22.8 Å². The topological polar surface area (TPSA) is 98.1 Å². The van der Waals surface area contributed by atoms with E-state index in [4.69, 9.17) is 13.9 Å². The van der Waals surface area contributed by atoms with Gasteiger partial charge >= 0.3 is 0 Å². The highest BCUT2D eigenvalue weighted by Crippen LogP contribution is 2.62. The van der Waals surface area contributed by atoms with Gasteiger partial charge < -0.3 is 24.1 Å². The van der Waals surface area contributed by atoms with Crippen molar-refractivity contribution in [2.45, 2.75) is 17.5 Å². The number of carbonyl (C=O) groups is 3. The molecule has 0 radical (unpaired) electrons. The van der Waals surface area contributed by atoms with Crippen LogP contribution in [-0.2, 0) is 10.2 Å². The lowest BCUT2D eigenvalue weighted by Crippen LogP contribution is -2.49. The molecule has 1 spiro atoms. The number of fused-ring (bicyclic) bond motifs is 8. The van der Waals surface area contributed by atoms with E-state index in [1.165, 1.54) is 0 Å². The molecule has 214 valence electrons. The summed E-state index contributed by atoms with van der Waals surface area (Å²) in [5.41, 5.74) is 2.58. The van der Waals surface area contributed by atoms with Crippen LogP contribution in [0.25, 0.3) is 17.0 Å². The molecule has 4 aliphatic heterocycles. The van der Waals surface area contributed by atoms with Crippen LogP contribution in [0.15, 0.2) is 108 Å². The summed E-state index contributed by atoms with van der Waals surface area (Å²) < 4.78 is 17.2. The van der Waals surface area contributed by atoms with E-state index in [-0.39, 0.29) is 24.2 Å². The Morgan fingerprint density at radius 2 is 1.64 bits per heavy atom. The smallest absolute Gasteiger partial charge is 0.238 e. The molecule has 1 aromatic heterocycles. The first-order valence-corrected chi connectivity index (χ1v) is 14.5. The fraction of sp³-hybridized carbons (Fsp3) is 0.139. The van der Waals surface area contributed by atoms with Gasteiger partial charge in [-0.1, -0.05) is 60.7 Å². The number of furan rings is 1. The molecule has 0 unspecified atom stereocenters. The van der Waals surface area contributed by atoms with Gasteiger partial charge in [-0.3, -0.25) is 14.4 Å². The second-order valence-corrected chi connectivity index (χ2v) is 11.5. The van der Waals surface area contributed by atoms with Crippen molar-refractivity contribution in [3.05, 3.63) is 131 Å². The summed E-state index contributed by atoms with van der Waals surface area (Å²) >= 11 is 0. The van der Waals surface area contributed by atoms with Crippen molar-refractivity contribution in [3.63, 3.8) is 0 Å². The van der Waals surface area contributed by atoms with Crippen molar-refractivity contribution >= 4 is 40.2 Å². The number of anilines is 1. The average molecular weight is 581 g/mol. The van der Waals surface area contributed by atoms with Crippen molar-refractivity contribution < 1.29 is 28.3 Å². The largest absolute Gasteiger partial charge is 0.454 e. The van der Waals surface area contributed by atoms with Crippen LogP contribution in [-0.4, -0.2) is 35.2 Å². The van der Waals surface area contributed by atoms with Crippen LogP contribution in [0, 0.1) is 5.92 Å². The number of Topliss-reactive ketones (excluding diaryl/α,β-unsaturated/α-hetero) is 2. The first-order valence-electron chi connectivity index (χ1n) is 14.5. The van der Waals surface area contributed by atoms with Crippen molar-refractivity contribution in [2.24, 2.45) is 5.92 Å². The van der Waals surface area contributed by atoms with Gasteiger partial charge in [0.05, 0.1) is 12.0 Å². The predicted molar refractivity (Wildman–Crippen MR) is 162 cm³/mol. The minimum atomic E-state index is -1.44. The summed E-state index contributed by atoms with van der Waals surface area (Å²) in [6, 6.07) is 27.7. The minimum Gasteiger partial charge on any atom is -0.454 e. The Bertz CT molecular complexity index is 2060. The number of para-hydroxylation sites is 2. The van der Waals surface area contributed by atoms with Crippen LogP contribution < -0.4 is 14.8 Å². The van der Waals surface area contributed by atoms with E-state index in [1.54, 1.807) is 30.3 Å². The molecule has 0 aliphatic carbocycles. The zero-order valence-electron chi connectivity index (χ0n) is 23.2. The van der Waals surface area contributed by atoms with Gasteiger partial charge in [0.25, 0.3) is 0 Å². The zero-order valence-corrected chi connectivity index (χ0v) is 23.2. The first-order chi connectivity index (χ1) is 21.6. The molecule has 4 aromatic carbocycles. The molecule has 8 nitrogen and oxygen atoms in total. The van der Waals surface area contributed by atoms with E-state index in [0.29, 0.717) is 33.9 Å². The summed E-state index contributed by atoms with van der Waals surface area (Å²) in [6.45, 7) is 0.0668. The summed E-state index contributed by atoms with van der Waals surface area (Å²) in [6.07, 6.45) is 3.79. The zero-order chi connectivity index (χ0) is 29.6. The molecule has 5 heterocycles. The van der Waals surface area contributed by atoms with Gasteiger partial charge in [0.2, 0.25) is 18.5 Å². The molecular weight excluding hydrogens is 556 g/mol. The van der Waals surface area contributed by atoms with Crippen molar-refractivity contribution in [2.75, 3.05) is 12.1 Å². The number of rotatable bonds is 4. The molecule has 1 amide bonds. The Kier molecular flexibility index (Phi) is 5.06. The average Bonchev–Trinajstić information content (AvgIpc) is 3.83. The third kappa shape index (κ3) is 3.19. The monoisotopic (exact) mass is 580 g/mol. The van der Waals surface area contributed by atoms with Crippen LogP contribution in [0.5, 0.6) is 11.5 Å². The maximum absolute atomic E-state index is 15.0. The van der Waals surface area contributed by atoms with Crippen LogP contribution in [0.2, 0.25) is 0 Å². The van der Waals surface area contributed by atoms with Crippen LogP contribution in [0.4, 0.5) is 5.69 Å². The van der Waals surface area contributed by atoms with E-state index in [1.807, 2.05) is 83.9 Å². The molecule has 1 saturated heterocycles. The quantitative estimate of drug-likeness (QED) is 0.255. The number of ketones is 2. The van der Waals surface area contributed by atoms with E-state index in [0.717, 1.165) is 16.5 Å². The third-order valence-corrected chi connectivity index (χ3v) is 9.45. The Morgan fingerprint density at radius 1 is 0.841 bits per heavy atom.